The Morgan fingerprint density at radius 3 is 2.86 bits per heavy atom. The molecule has 1 aliphatic carbocycles. The summed E-state index contributed by atoms with van der Waals surface area (Å²) in [5.74, 6) is 1.65. The Balaban J connectivity index is 1.83. The fraction of sp³-hybridized carbons (Fsp3) is 0.471. The highest BCUT2D eigenvalue weighted by molar-refractivity contribution is 5.43. The van der Waals surface area contributed by atoms with Crippen LogP contribution < -0.4 is 11.1 Å². The second kappa shape index (κ2) is 6.30. The van der Waals surface area contributed by atoms with E-state index in [1.165, 1.54) is 16.7 Å². The first-order chi connectivity index (χ1) is 10.7. The first kappa shape index (κ1) is 14.8. The van der Waals surface area contributed by atoms with Crippen molar-refractivity contribution in [3.05, 3.63) is 40.7 Å². The molecule has 0 fully saturated rings. The van der Waals surface area contributed by atoms with Crippen LogP contribution >= 0.6 is 0 Å². The molecule has 5 nitrogen and oxygen atoms in total. The van der Waals surface area contributed by atoms with E-state index in [4.69, 9.17) is 5.73 Å². The molecular weight excluding hydrogens is 274 g/mol. The van der Waals surface area contributed by atoms with Gasteiger partial charge in [-0.15, -0.1) is 0 Å². The van der Waals surface area contributed by atoms with Crippen molar-refractivity contribution in [2.75, 3.05) is 11.1 Å². The monoisotopic (exact) mass is 297 g/mol. The number of benzene rings is 1. The van der Waals surface area contributed by atoms with Crippen LogP contribution in [0.25, 0.3) is 0 Å². The highest BCUT2D eigenvalue weighted by Gasteiger charge is 2.23. The Labute approximate surface area is 131 Å². The van der Waals surface area contributed by atoms with E-state index in [1.54, 1.807) is 0 Å². The first-order valence-electron chi connectivity index (χ1n) is 8.08. The van der Waals surface area contributed by atoms with Gasteiger partial charge >= 0.3 is 0 Å². The third-order valence-corrected chi connectivity index (χ3v) is 4.17. The van der Waals surface area contributed by atoms with Gasteiger partial charge in [0.15, 0.2) is 0 Å². The third-order valence-electron chi connectivity index (χ3n) is 4.17. The van der Waals surface area contributed by atoms with Gasteiger partial charge in [-0.3, -0.25) is 0 Å². The lowest BCUT2D eigenvalue weighted by Gasteiger charge is -2.15. The van der Waals surface area contributed by atoms with Crippen LogP contribution in [0.4, 0.5) is 11.9 Å². The van der Waals surface area contributed by atoms with E-state index < -0.39 is 0 Å². The molecule has 1 heterocycles. The van der Waals surface area contributed by atoms with Gasteiger partial charge in [0.2, 0.25) is 11.9 Å². The van der Waals surface area contributed by atoms with E-state index in [9.17, 15) is 0 Å². The molecule has 3 rings (SSSR count). The molecule has 1 aromatic carbocycles. The number of nitrogens with one attached hydrogen (secondary N) is 1. The normalized spacial score (nSPS) is 16.5. The van der Waals surface area contributed by atoms with Crippen LogP contribution in [0, 0.1) is 0 Å². The van der Waals surface area contributed by atoms with Gasteiger partial charge in [-0.05, 0) is 42.4 Å². The van der Waals surface area contributed by atoms with Crippen LogP contribution in [-0.2, 0) is 19.3 Å². The van der Waals surface area contributed by atoms with Gasteiger partial charge in [0, 0.05) is 6.42 Å². The maximum atomic E-state index is 5.80. The lowest BCUT2D eigenvalue weighted by molar-refractivity contribution is 0.740. The molecule has 5 heteroatoms. The van der Waals surface area contributed by atoms with E-state index >= 15 is 0 Å². The van der Waals surface area contributed by atoms with Crippen molar-refractivity contribution in [2.45, 2.75) is 52.0 Å². The Hall–Kier alpha value is -2.17. The lowest BCUT2D eigenvalue weighted by Crippen LogP contribution is -2.13. The summed E-state index contributed by atoms with van der Waals surface area (Å²) >= 11 is 0. The maximum Gasteiger partial charge on any atom is 0.228 e. The summed E-state index contributed by atoms with van der Waals surface area (Å²) in [7, 11) is 0. The molecule has 116 valence electrons. The largest absolute Gasteiger partial charge is 0.368 e. The standard InChI is InChI=1S/C17H23N5/c1-3-5-15-20-16(18)22-17(21-15)19-14-9-8-12-7-6-11(4-2)10-13(12)14/h6-7,10,14H,3-5,8-9H2,1-2H3,(H3,18,19,20,21,22). The van der Waals surface area contributed by atoms with Gasteiger partial charge in [-0.25, -0.2) is 0 Å². The second-order valence-corrected chi connectivity index (χ2v) is 5.81. The Kier molecular flexibility index (Phi) is 4.22. The molecule has 2 aromatic rings. The fourth-order valence-corrected chi connectivity index (χ4v) is 3.02. The molecule has 0 spiro atoms. The van der Waals surface area contributed by atoms with E-state index in [1.807, 2.05) is 0 Å². The molecule has 0 aliphatic heterocycles. The van der Waals surface area contributed by atoms with Crippen LogP contribution in [-0.4, -0.2) is 15.0 Å². The Bertz CT molecular complexity index is 668. The van der Waals surface area contributed by atoms with Crippen molar-refractivity contribution in [2.24, 2.45) is 0 Å². The zero-order valence-electron chi connectivity index (χ0n) is 13.3. The van der Waals surface area contributed by atoms with Crippen molar-refractivity contribution in [1.82, 2.24) is 15.0 Å². The van der Waals surface area contributed by atoms with Crippen molar-refractivity contribution in [3.63, 3.8) is 0 Å². The van der Waals surface area contributed by atoms with E-state index in [2.05, 4.69) is 52.3 Å². The number of aromatic nitrogens is 3. The minimum atomic E-state index is 0.262. The number of fused-ring (bicyclic) bond motifs is 1. The molecule has 0 bridgehead atoms. The lowest BCUT2D eigenvalue weighted by atomic mass is 10.0. The van der Waals surface area contributed by atoms with E-state index in [0.29, 0.717) is 11.9 Å². The van der Waals surface area contributed by atoms with Crippen molar-refractivity contribution >= 4 is 11.9 Å². The predicted molar refractivity (Wildman–Crippen MR) is 88.7 cm³/mol. The molecule has 1 aliphatic rings. The fourth-order valence-electron chi connectivity index (χ4n) is 3.02. The van der Waals surface area contributed by atoms with E-state index in [0.717, 1.165) is 37.9 Å². The van der Waals surface area contributed by atoms with Gasteiger partial charge < -0.3 is 11.1 Å². The summed E-state index contributed by atoms with van der Waals surface area (Å²) in [5.41, 5.74) is 9.96. The first-order valence-corrected chi connectivity index (χ1v) is 8.08. The molecule has 3 N–H and O–H groups in total. The van der Waals surface area contributed by atoms with Crippen LogP contribution in [0.3, 0.4) is 0 Å². The molecule has 1 atom stereocenters. The summed E-state index contributed by atoms with van der Waals surface area (Å²) in [5, 5.41) is 3.45. The number of rotatable bonds is 5. The molecule has 1 aromatic heterocycles. The van der Waals surface area contributed by atoms with E-state index in [-0.39, 0.29) is 6.04 Å². The number of hydrogen-bond acceptors (Lipinski definition) is 5. The number of anilines is 2. The number of hydrogen-bond donors (Lipinski definition) is 2. The average Bonchev–Trinajstić information content (AvgIpc) is 2.89. The molecule has 22 heavy (non-hydrogen) atoms. The predicted octanol–water partition coefficient (Wildman–Crippen LogP) is 3.07. The van der Waals surface area contributed by atoms with Crippen molar-refractivity contribution < 1.29 is 0 Å². The third kappa shape index (κ3) is 3.03. The Morgan fingerprint density at radius 1 is 1.23 bits per heavy atom. The minimum Gasteiger partial charge on any atom is -0.368 e. The smallest absolute Gasteiger partial charge is 0.228 e. The molecular formula is C17H23N5. The van der Waals surface area contributed by atoms with Gasteiger partial charge in [0.1, 0.15) is 5.82 Å². The number of nitrogens with two attached hydrogens (primary N) is 1. The zero-order valence-corrected chi connectivity index (χ0v) is 13.3. The summed E-state index contributed by atoms with van der Waals surface area (Å²) in [6.07, 6.45) is 5.04. The summed E-state index contributed by atoms with van der Waals surface area (Å²) in [4.78, 5) is 12.9. The SMILES string of the molecule is CCCc1nc(N)nc(NC2CCc3ccc(CC)cc32)n1. The van der Waals surface area contributed by atoms with Gasteiger partial charge in [0.05, 0.1) is 6.04 Å². The molecule has 0 amide bonds. The molecule has 0 saturated heterocycles. The number of aryl methyl sites for hydroxylation is 3. The summed E-state index contributed by atoms with van der Waals surface area (Å²) < 4.78 is 0. The van der Waals surface area contributed by atoms with Crippen molar-refractivity contribution in [3.8, 4) is 0 Å². The Morgan fingerprint density at radius 2 is 2.09 bits per heavy atom. The number of nitrogen functional groups attached to an aromatic ring is 1. The minimum absolute atomic E-state index is 0.262. The number of nitrogens with zero attached hydrogens (tertiary/aromatic N) is 3. The molecule has 1 unspecified atom stereocenters. The topological polar surface area (TPSA) is 76.7 Å². The van der Waals surface area contributed by atoms with Crippen LogP contribution in [0.2, 0.25) is 0 Å². The molecule has 0 radical (unpaired) electrons. The zero-order chi connectivity index (χ0) is 15.5. The summed E-state index contributed by atoms with van der Waals surface area (Å²) in [6, 6.07) is 7.04. The quantitative estimate of drug-likeness (QED) is 0.887. The van der Waals surface area contributed by atoms with Crippen LogP contribution in [0.1, 0.15) is 55.2 Å². The van der Waals surface area contributed by atoms with Crippen LogP contribution in [0.5, 0.6) is 0 Å². The highest BCUT2D eigenvalue weighted by atomic mass is 15.2. The highest BCUT2D eigenvalue weighted by Crippen LogP contribution is 2.34. The van der Waals surface area contributed by atoms with Gasteiger partial charge in [0.25, 0.3) is 0 Å². The van der Waals surface area contributed by atoms with Gasteiger partial charge in [-0.2, -0.15) is 15.0 Å². The van der Waals surface area contributed by atoms with Gasteiger partial charge in [-0.1, -0.05) is 32.0 Å². The average molecular weight is 297 g/mol. The molecule has 0 saturated carbocycles. The van der Waals surface area contributed by atoms with Crippen molar-refractivity contribution in [1.29, 1.82) is 0 Å². The second-order valence-electron chi connectivity index (χ2n) is 5.81. The summed E-state index contributed by atoms with van der Waals surface area (Å²) in [6.45, 7) is 4.29. The van der Waals surface area contributed by atoms with Crippen LogP contribution in [0.15, 0.2) is 18.2 Å². The maximum absolute atomic E-state index is 5.80.